The van der Waals surface area contributed by atoms with Gasteiger partial charge in [0.25, 0.3) is 0 Å². The fourth-order valence-electron chi connectivity index (χ4n) is 2.19. The van der Waals surface area contributed by atoms with E-state index in [9.17, 15) is 0 Å². The molecular formula is C11H13ClN2O. The summed E-state index contributed by atoms with van der Waals surface area (Å²) < 4.78 is 5.46. The van der Waals surface area contributed by atoms with Crippen molar-refractivity contribution in [1.82, 2.24) is 0 Å². The Labute approximate surface area is 93.8 Å². The van der Waals surface area contributed by atoms with E-state index in [1.165, 1.54) is 0 Å². The fraction of sp³-hybridized carbons (Fsp3) is 0.455. The first-order chi connectivity index (χ1) is 7.33. The average molecular weight is 225 g/mol. The Kier molecular flexibility index (Phi) is 2.22. The van der Waals surface area contributed by atoms with Crippen molar-refractivity contribution in [1.29, 1.82) is 0 Å². The fourth-order valence-corrected chi connectivity index (χ4v) is 2.36. The van der Waals surface area contributed by atoms with Crippen molar-refractivity contribution in [2.45, 2.75) is 6.04 Å². The third-order valence-corrected chi connectivity index (χ3v) is 3.31. The second-order valence-corrected chi connectivity index (χ2v) is 4.56. The topological polar surface area (TPSA) is 33.3 Å². The van der Waals surface area contributed by atoms with Gasteiger partial charge in [-0.3, -0.25) is 0 Å². The zero-order valence-corrected chi connectivity index (χ0v) is 9.05. The molecule has 0 spiro atoms. The molecule has 2 N–H and O–H groups in total. The van der Waals surface area contributed by atoms with E-state index in [1.54, 1.807) is 0 Å². The molecule has 0 aromatic heterocycles. The molecule has 2 heterocycles. The van der Waals surface area contributed by atoms with Crippen LogP contribution in [0.25, 0.3) is 0 Å². The molecule has 0 bridgehead atoms. The number of hydrogen-bond donors (Lipinski definition) is 2. The van der Waals surface area contributed by atoms with Crippen LogP contribution in [0.15, 0.2) is 18.2 Å². The maximum absolute atomic E-state index is 5.96. The molecule has 0 aliphatic carbocycles. The summed E-state index contributed by atoms with van der Waals surface area (Å²) in [5.41, 5.74) is 2.22. The van der Waals surface area contributed by atoms with Crippen LogP contribution in [0.1, 0.15) is 0 Å². The summed E-state index contributed by atoms with van der Waals surface area (Å²) in [5.74, 6) is 0.552. The van der Waals surface area contributed by atoms with Crippen LogP contribution in [0.5, 0.6) is 0 Å². The predicted octanol–water partition coefficient (Wildman–Crippen LogP) is 2.19. The summed E-state index contributed by atoms with van der Waals surface area (Å²) in [5, 5.41) is 7.68. The first-order valence-electron chi connectivity index (χ1n) is 5.20. The monoisotopic (exact) mass is 224 g/mol. The SMILES string of the molecule is Clc1ccc2c(c1)NCC1COCC1N2. The maximum atomic E-state index is 5.96. The molecule has 1 aromatic rings. The number of halogens is 1. The van der Waals surface area contributed by atoms with Gasteiger partial charge in [-0.05, 0) is 18.2 Å². The van der Waals surface area contributed by atoms with E-state index in [2.05, 4.69) is 10.6 Å². The van der Waals surface area contributed by atoms with Crippen LogP contribution in [0, 0.1) is 5.92 Å². The molecule has 3 nitrogen and oxygen atoms in total. The Morgan fingerprint density at radius 3 is 3.13 bits per heavy atom. The molecule has 15 heavy (non-hydrogen) atoms. The molecule has 0 radical (unpaired) electrons. The van der Waals surface area contributed by atoms with Crippen LogP contribution in [0.4, 0.5) is 11.4 Å². The van der Waals surface area contributed by atoms with Gasteiger partial charge in [-0.15, -0.1) is 0 Å². The lowest BCUT2D eigenvalue weighted by Gasteiger charge is -2.15. The van der Waals surface area contributed by atoms with Crippen LogP contribution < -0.4 is 10.6 Å². The smallest absolute Gasteiger partial charge is 0.0672 e. The zero-order valence-electron chi connectivity index (χ0n) is 8.29. The van der Waals surface area contributed by atoms with E-state index in [1.807, 2.05) is 18.2 Å². The lowest BCUT2D eigenvalue weighted by Crippen LogP contribution is -2.29. The summed E-state index contributed by atoms with van der Waals surface area (Å²) in [6.45, 7) is 2.59. The summed E-state index contributed by atoms with van der Waals surface area (Å²) in [6.07, 6.45) is 0. The predicted molar refractivity (Wildman–Crippen MR) is 61.7 cm³/mol. The van der Waals surface area contributed by atoms with Crippen molar-refractivity contribution in [2.24, 2.45) is 5.92 Å². The molecule has 4 heteroatoms. The van der Waals surface area contributed by atoms with Gasteiger partial charge < -0.3 is 15.4 Å². The van der Waals surface area contributed by atoms with Gasteiger partial charge >= 0.3 is 0 Å². The highest BCUT2D eigenvalue weighted by Crippen LogP contribution is 2.31. The van der Waals surface area contributed by atoms with Gasteiger partial charge in [-0.1, -0.05) is 11.6 Å². The molecule has 1 aromatic carbocycles. The molecule has 1 fully saturated rings. The summed E-state index contributed by atoms with van der Waals surface area (Å²) >= 11 is 5.96. The number of ether oxygens (including phenoxy) is 1. The average Bonchev–Trinajstić information content (AvgIpc) is 2.59. The first kappa shape index (κ1) is 9.31. The Balaban J connectivity index is 1.93. The molecule has 2 aliphatic heterocycles. The highest BCUT2D eigenvalue weighted by molar-refractivity contribution is 6.31. The molecule has 2 unspecified atom stereocenters. The minimum atomic E-state index is 0.430. The van der Waals surface area contributed by atoms with E-state index in [-0.39, 0.29) is 0 Å². The van der Waals surface area contributed by atoms with Crippen LogP contribution >= 0.6 is 11.6 Å². The number of nitrogens with one attached hydrogen (secondary N) is 2. The van der Waals surface area contributed by atoms with Crippen LogP contribution in [0.3, 0.4) is 0 Å². The molecule has 1 saturated heterocycles. The van der Waals surface area contributed by atoms with E-state index in [4.69, 9.17) is 16.3 Å². The van der Waals surface area contributed by atoms with Gasteiger partial charge in [0, 0.05) is 17.5 Å². The molecule has 2 atom stereocenters. The third kappa shape index (κ3) is 1.66. The molecule has 80 valence electrons. The number of anilines is 2. The van der Waals surface area contributed by atoms with Gasteiger partial charge in [0.1, 0.15) is 0 Å². The lowest BCUT2D eigenvalue weighted by molar-refractivity contribution is 0.186. The van der Waals surface area contributed by atoms with E-state index in [0.717, 1.165) is 36.2 Å². The minimum absolute atomic E-state index is 0.430. The summed E-state index contributed by atoms with van der Waals surface area (Å²) in [7, 11) is 0. The molecule has 0 saturated carbocycles. The Bertz CT molecular complexity index is 383. The van der Waals surface area contributed by atoms with Crippen molar-refractivity contribution < 1.29 is 4.74 Å². The Hall–Kier alpha value is -0.930. The van der Waals surface area contributed by atoms with Crippen LogP contribution in [-0.2, 0) is 4.74 Å². The first-order valence-corrected chi connectivity index (χ1v) is 5.58. The number of rotatable bonds is 0. The normalized spacial score (nSPS) is 28.3. The van der Waals surface area contributed by atoms with Gasteiger partial charge in [-0.25, -0.2) is 0 Å². The molecule has 2 aliphatic rings. The standard InChI is InChI=1S/C11H13ClN2O/c12-8-1-2-9-10(3-8)13-4-7-5-15-6-11(7)14-9/h1-3,7,11,13-14H,4-6H2. The Morgan fingerprint density at radius 2 is 2.20 bits per heavy atom. The molecular weight excluding hydrogens is 212 g/mol. The van der Waals surface area contributed by atoms with Crippen molar-refractivity contribution in [3.8, 4) is 0 Å². The minimum Gasteiger partial charge on any atom is -0.383 e. The van der Waals surface area contributed by atoms with Gasteiger partial charge in [0.2, 0.25) is 0 Å². The maximum Gasteiger partial charge on any atom is 0.0672 e. The number of benzene rings is 1. The largest absolute Gasteiger partial charge is 0.383 e. The second kappa shape index (κ2) is 3.58. The second-order valence-electron chi connectivity index (χ2n) is 4.12. The lowest BCUT2D eigenvalue weighted by atomic mass is 10.0. The van der Waals surface area contributed by atoms with E-state index >= 15 is 0 Å². The van der Waals surface area contributed by atoms with Gasteiger partial charge in [0.15, 0.2) is 0 Å². The number of hydrogen-bond acceptors (Lipinski definition) is 3. The quantitative estimate of drug-likeness (QED) is 0.709. The van der Waals surface area contributed by atoms with E-state index < -0.39 is 0 Å². The number of fused-ring (bicyclic) bond motifs is 2. The van der Waals surface area contributed by atoms with Crippen molar-refractivity contribution in [2.75, 3.05) is 30.4 Å². The summed E-state index contributed by atoms with van der Waals surface area (Å²) in [4.78, 5) is 0. The van der Waals surface area contributed by atoms with Crippen LogP contribution in [0.2, 0.25) is 5.02 Å². The third-order valence-electron chi connectivity index (χ3n) is 3.08. The zero-order chi connectivity index (χ0) is 10.3. The highest BCUT2D eigenvalue weighted by Gasteiger charge is 2.30. The van der Waals surface area contributed by atoms with Crippen molar-refractivity contribution >= 4 is 23.0 Å². The summed E-state index contributed by atoms with van der Waals surface area (Å²) in [6, 6.07) is 6.32. The van der Waals surface area contributed by atoms with Gasteiger partial charge in [-0.2, -0.15) is 0 Å². The van der Waals surface area contributed by atoms with Crippen molar-refractivity contribution in [3.63, 3.8) is 0 Å². The molecule has 3 rings (SSSR count). The van der Waals surface area contributed by atoms with E-state index in [0.29, 0.717) is 12.0 Å². The Morgan fingerprint density at radius 1 is 1.27 bits per heavy atom. The highest BCUT2D eigenvalue weighted by atomic mass is 35.5. The van der Waals surface area contributed by atoms with Crippen LogP contribution in [-0.4, -0.2) is 25.8 Å². The van der Waals surface area contributed by atoms with Crippen molar-refractivity contribution in [3.05, 3.63) is 23.2 Å². The molecule has 0 amide bonds. The van der Waals surface area contributed by atoms with Gasteiger partial charge in [0.05, 0.1) is 30.6 Å².